The van der Waals surface area contributed by atoms with E-state index in [1.807, 2.05) is 35.2 Å². The minimum atomic E-state index is -3.52. The molecule has 0 aliphatic carbocycles. The van der Waals surface area contributed by atoms with Crippen LogP contribution in [0.15, 0.2) is 65.6 Å². The summed E-state index contributed by atoms with van der Waals surface area (Å²) in [6.07, 6.45) is 2.60. The summed E-state index contributed by atoms with van der Waals surface area (Å²) in [7, 11) is -1.83. The van der Waals surface area contributed by atoms with Crippen LogP contribution in [0.2, 0.25) is 5.02 Å². The molecule has 2 aliphatic rings. The fraction of sp³-hybridized carbons (Fsp3) is 0.296. The van der Waals surface area contributed by atoms with Crippen molar-refractivity contribution in [2.75, 3.05) is 25.1 Å². The SMILES string of the molecule is CN1[C@H](C2CCCCO2)CN(c2ccccc2)c2cc(Cl)c(-c3ccc(F)c(C(=O)O)c3)cc2S1(O)O. The molecule has 5 rings (SSSR count). The fourth-order valence-electron chi connectivity index (χ4n) is 5.07. The molecule has 0 saturated carbocycles. The molecule has 37 heavy (non-hydrogen) atoms. The Kier molecular flexibility index (Phi) is 7.19. The van der Waals surface area contributed by atoms with Gasteiger partial charge in [0.15, 0.2) is 0 Å². The Bertz CT molecular complexity index is 1320. The lowest BCUT2D eigenvalue weighted by atomic mass is 10.00. The monoisotopic (exact) mass is 546 g/mol. The van der Waals surface area contributed by atoms with Crippen molar-refractivity contribution in [3.8, 4) is 11.1 Å². The van der Waals surface area contributed by atoms with Crippen molar-refractivity contribution in [1.82, 2.24) is 4.31 Å². The zero-order valence-electron chi connectivity index (χ0n) is 20.2. The number of hydrogen-bond acceptors (Lipinski definition) is 6. The van der Waals surface area contributed by atoms with Gasteiger partial charge in [-0.3, -0.25) is 9.11 Å². The molecule has 10 heteroatoms. The number of fused-ring (bicyclic) bond motifs is 1. The summed E-state index contributed by atoms with van der Waals surface area (Å²) < 4.78 is 45.1. The summed E-state index contributed by atoms with van der Waals surface area (Å²) in [5, 5.41) is 9.66. The number of aromatic carboxylic acids is 1. The van der Waals surface area contributed by atoms with E-state index in [-0.39, 0.29) is 22.1 Å². The molecule has 3 N–H and O–H groups in total. The van der Waals surface area contributed by atoms with Gasteiger partial charge in [0, 0.05) is 31.5 Å². The minimum absolute atomic E-state index is 0.185. The summed E-state index contributed by atoms with van der Waals surface area (Å²) in [5.41, 5.74) is 1.62. The van der Waals surface area contributed by atoms with Crippen molar-refractivity contribution in [2.45, 2.75) is 36.3 Å². The Morgan fingerprint density at radius 3 is 2.54 bits per heavy atom. The third-order valence-corrected chi connectivity index (χ3v) is 9.40. The van der Waals surface area contributed by atoms with Gasteiger partial charge in [-0.15, -0.1) is 10.8 Å². The second-order valence-corrected chi connectivity index (χ2v) is 11.7. The molecule has 2 aliphatic heterocycles. The standard InChI is InChI=1S/C27H28ClFN2O5S/c1-30-24(25-9-5-6-12-36-25)16-31(18-7-3-2-4-8-18)23-15-21(28)19(14-26(23)37(30,34)35)17-10-11-22(29)20(13-17)27(32)33/h2-4,7-8,10-11,13-15,24-25,34-35H,5-6,9,12,16H2,1H3,(H,32,33)/t24-,25?/m0/s1. The topological polar surface area (TPSA) is 93.5 Å². The summed E-state index contributed by atoms with van der Waals surface area (Å²) >= 11 is 6.73. The molecule has 3 aromatic carbocycles. The molecule has 2 atom stereocenters. The van der Waals surface area contributed by atoms with Crippen molar-refractivity contribution in [3.05, 3.63) is 77.1 Å². The first-order valence-electron chi connectivity index (χ1n) is 12.0. The second kappa shape index (κ2) is 10.2. The van der Waals surface area contributed by atoms with E-state index in [1.165, 1.54) is 12.1 Å². The van der Waals surface area contributed by atoms with Crippen LogP contribution < -0.4 is 4.90 Å². The molecule has 0 aromatic heterocycles. The normalized spacial score (nSPS) is 22.7. The van der Waals surface area contributed by atoms with Gasteiger partial charge in [0.2, 0.25) is 0 Å². The van der Waals surface area contributed by atoms with Gasteiger partial charge in [-0.2, -0.15) is 4.31 Å². The van der Waals surface area contributed by atoms with Crippen LogP contribution in [-0.2, 0) is 4.74 Å². The maximum atomic E-state index is 14.1. The summed E-state index contributed by atoms with van der Waals surface area (Å²) in [4.78, 5) is 13.8. The minimum Gasteiger partial charge on any atom is -0.478 e. The summed E-state index contributed by atoms with van der Waals surface area (Å²) in [6.45, 7) is 1.06. The Morgan fingerprint density at radius 1 is 1.11 bits per heavy atom. The Hall–Kier alpha value is -2.66. The highest BCUT2D eigenvalue weighted by Gasteiger charge is 2.42. The first-order chi connectivity index (χ1) is 17.7. The predicted molar refractivity (Wildman–Crippen MR) is 144 cm³/mol. The van der Waals surface area contributed by atoms with E-state index in [4.69, 9.17) is 16.3 Å². The van der Waals surface area contributed by atoms with Crippen molar-refractivity contribution in [3.63, 3.8) is 0 Å². The van der Waals surface area contributed by atoms with Crippen LogP contribution >= 0.6 is 22.4 Å². The lowest BCUT2D eigenvalue weighted by Gasteiger charge is -2.45. The van der Waals surface area contributed by atoms with Crippen molar-refractivity contribution >= 4 is 39.7 Å². The highest BCUT2D eigenvalue weighted by atomic mass is 35.5. The molecule has 7 nitrogen and oxygen atoms in total. The average molecular weight is 547 g/mol. The molecule has 196 valence electrons. The van der Waals surface area contributed by atoms with Crippen LogP contribution in [0.25, 0.3) is 11.1 Å². The zero-order chi connectivity index (χ0) is 26.3. The van der Waals surface area contributed by atoms with Crippen LogP contribution in [-0.4, -0.2) is 56.8 Å². The average Bonchev–Trinajstić information content (AvgIpc) is 2.97. The number of halogens is 2. The number of nitrogens with zero attached hydrogens (tertiary/aromatic N) is 2. The Balaban J connectivity index is 1.69. The van der Waals surface area contributed by atoms with Gasteiger partial charge in [-0.1, -0.05) is 35.9 Å². The van der Waals surface area contributed by atoms with Crippen LogP contribution in [0.5, 0.6) is 0 Å². The van der Waals surface area contributed by atoms with Crippen LogP contribution in [0.1, 0.15) is 29.6 Å². The number of carboxylic acid groups (broad SMARTS) is 1. The predicted octanol–water partition coefficient (Wildman–Crippen LogP) is 6.89. The lowest BCUT2D eigenvalue weighted by molar-refractivity contribution is -0.0196. The highest BCUT2D eigenvalue weighted by Crippen LogP contribution is 2.60. The van der Waals surface area contributed by atoms with Gasteiger partial charge in [-0.25, -0.2) is 9.18 Å². The van der Waals surface area contributed by atoms with Crippen molar-refractivity contribution in [2.24, 2.45) is 0 Å². The van der Waals surface area contributed by atoms with Crippen LogP contribution in [0.3, 0.4) is 0 Å². The number of ether oxygens (including phenoxy) is 1. The van der Waals surface area contributed by atoms with E-state index in [2.05, 4.69) is 0 Å². The van der Waals surface area contributed by atoms with Crippen molar-refractivity contribution < 1.29 is 28.1 Å². The van der Waals surface area contributed by atoms with Crippen molar-refractivity contribution in [1.29, 1.82) is 0 Å². The number of carboxylic acids is 1. The largest absolute Gasteiger partial charge is 0.478 e. The number of benzene rings is 3. The highest BCUT2D eigenvalue weighted by molar-refractivity contribution is 8.22. The van der Waals surface area contributed by atoms with Gasteiger partial charge in [0.05, 0.1) is 33.3 Å². The molecular formula is C27H28ClFN2O5S. The molecule has 1 fully saturated rings. The van der Waals surface area contributed by atoms with E-state index in [1.54, 1.807) is 23.5 Å². The van der Waals surface area contributed by atoms with E-state index in [0.717, 1.165) is 31.0 Å². The zero-order valence-corrected chi connectivity index (χ0v) is 21.8. The fourth-order valence-corrected chi connectivity index (χ4v) is 6.95. The molecular weight excluding hydrogens is 519 g/mol. The van der Waals surface area contributed by atoms with Gasteiger partial charge in [0.1, 0.15) is 5.82 Å². The van der Waals surface area contributed by atoms with E-state index < -0.39 is 28.1 Å². The summed E-state index contributed by atoms with van der Waals surface area (Å²) in [6, 6.07) is 16.2. The number of carbonyl (C=O) groups is 1. The lowest BCUT2D eigenvalue weighted by Crippen LogP contribution is -2.49. The first-order valence-corrected chi connectivity index (χ1v) is 13.9. The molecule has 1 saturated heterocycles. The molecule has 0 bridgehead atoms. The maximum absolute atomic E-state index is 14.1. The number of para-hydroxylation sites is 1. The third kappa shape index (κ3) is 4.83. The van der Waals surface area contributed by atoms with E-state index >= 15 is 0 Å². The van der Waals surface area contributed by atoms with Crippen LogP contribution in [0, 0.1) is 5.82 Å². The Labute approximate surface area is 221 Å². The number of likely N-dealkylation sites (N-methyl/N-ethyl adjacent to an activating group) is 1. The smallest absolute Gasteiger partial charge is 0.338 e. The molecule has 1 unspecified atom stereocenters. The van der Waals surface area contributed by atoms with E-state index in [9.17, 15) is 23.4 Å². The molecule has 0 spiro atoms. The van der Waals surface area contributed by atoms with E-state index in [0.29, 0.717) is 30.0 Å². The molecule has 2 heterocycles. The van der Waals surface area contributed by atoms with Gasteiger partial charge >= 0.3 is 5.97 Å². The quantitative estimate of drug-likeness (QED) is 0.328. The maximum Gasteiger partial charge on any atom is 0.338 e. The Morgan fingerprint density at radius 2 is 1.86 bits per heavy atom. The molecule has 0 amide bonds. The first kappa shape index (κ1) is 26.0. The number of anilines is 2. The number of hydrogen-bond donors (Lipinski definition) is 3. The molecule has 3 aromatic rings. The summed E-state index contributed by atoms with van der Waals surface area (Å²) in [5.74, 6) is -2.27. The second-order valence-electron chi connectivity index (χ2n) is 9.28. The van der Waals surface area contributed by atoms with Gasteiger partial charge in [-0.05, 0) is 61.2 Å². The molecule has 0 radical (unpaired) electrons. The van der Waals surface area contributed by atoms with Gasteiger partial charge in [0.25, 0.3) is 0 Å². The number of rotatable bonds is 4. The van der Waals surface area contributed by atoms with Crippen LogP contribution in [0.4, 0.5) is 15.8 Å². The van der Waals surface area contributed by atoms with Gasteiger partial charge < -0.3 is 14.7 Å². The third-order valence-electron chi connectivity index (χ3n) is 7.09.